The number of nitrogens with one attached hydrogen (secondary N) is 1. The summed E-state index contributed by atoms with van der Waals surface area (Å²) < 4.78 is 1.96. The number of benzene rings is 1. The highest BCUT2D eigenvalue weighted by Gasteiger charge is 2.31. The lowest BCUT2D eigenvalue weighted by molar-refractivity contribution is 0.152. The molecule has 3 heterocycles. The summed E-state index contributed by atoms with van der Waals surface area (Å²) in [6.45, 7) is 14.0. The molecule has 1 atom stereocenters. The largest absolute Gasteiger partial charge is 0.321 e. The maximum absolute atomic E-state index is 13.2. The number of aromatic nitrogens is 5. The molecule has 0 amide bonds. The van der Waals surface area contributed by atoms with Crippen LogP contribution in [0.3, 0.4) is 0 Å². The van der Waals surface area contributed by atoms with Gasteiger partial charge in [0.2, 0.25) is 0 Å². The highest BCUT2D eigenvalue weighted by molar-refractivity contribution is 7.09. The van der Waals surface area contributed by atoms with E-state index in [9.17, 15) is 4.79 Å². The second kappa shape index (κ2) is 9.80. The Bertz CT molecular complexity index is 1320. The summed E-state index contributed by atoms with van der Waals surface area (Å²) in [7, 11) is 0. The summed E-state index contributed by atoms with van der Waals surface area (Å²) in [6.07, 6.45) is 1.74. The molecular weight excluding hydrogens is 444 g/mol. The highest BCUT2D eigenvalue weighted by atomic mass is 32.1. The van der Waals surface area contributed by atoms with Gasteiger partial charge in [0, 0.05) is 23.5 Å². The summed E-state index contributed by atoms with van der Waals surface area (Å²) in [6, 6.07) is 10.5. The molecule has 34 heavy (non-hydrogen) atoms. The number of nitrogens with zero attached hydrogens (tertiary/aromatic N) is 5. The zero-order chi connectivity index (χ0) is 24.5. The van der Waals surface area contributed by atoms with Gasteiger partial charge in [-0.15, -0.1) is 16.4 Å². The van der Waals surface area contributed by atoms with Crippen molar-refractivity contribution in [1.82, 2.24) is 30.1 Å². The molecular formula is C26H34N6OS. The van der Waals surface area contributed by atoms with Gasteiger partial charge in [0.05, 0.1) is 17.1 Å². The molecule has 0 saturated carbocycles. The first-order chi connectivity index (χ1) is 16.2. The second-order valence-corrected chi connectivity index (χ2v) is 10.7. The second-order valence-electron chi connectivity index (χ2n) is 9.69. The molecule has 3 aromatic heterocycles. The number of aromatic amines is 1. The molecule has 1 unspecified atom stereocenters. The van der Waals surface area contributed by atoms with Gasteiger partial charge in [-0.05, 0) is 85.5 Å². The van der Waals surface area contributed by atoms with E-state index in [-0.39, 0.29) is 17.1 Å². The van der Waals surface area contributed by atoms with Crippen LogP contribution >= 0.6 is 11.3 Å². The van der Waals surface area contributed by atoms with Gasteiger partial charge in [0.15, 0.2) is 5.82 Å². The Labute approximate surface area is 204 Å². The zero-order valence-electron chi connectivity index (χ0n) is 20.9. The molecule has 0 fully saturated rings. The van der Waals surface area contributed by atoms with E-state index in [1.807, 2.05) is 17.7 Å². The van der Waals surface area contributed by atoms with Gasteiger partial charge >= 0.3 is 0 Å². The predicted molar refractivity (Wildman–Crippen MR) is 138 cm³/mol. The average Bonchev–Trinajstić information content (AvgIpc) is 3.48. The first-order valence-electron chi connectivity index (χ1n) is 11.9. The Morgan fingerprint density at radius 3 is 2.65 bits per heavy atom. The number of H-pyrrole nitrogens is 1. The van der Waals surface area contributed by atoms with Crippen LogP contribution in [0, 0.1) is 13.8 Å². The van der Waals surface area contributed by atoms with Crippen LogP contribution in [0.5, 0.6) is 0 Å². The van der Waals surface area contributed by atoms with Gasteiger partial charge in [0.1, 0.15) is 0 Å². The quantitative estimate of drug-likeness (QED) is 0.344. The summed E-state index contributed by atoms with van der Waals surface area (Å²) in [5, 5.41) is 16.0. The van der Waals surface area contributed by atoms with E-state index in [0.29, 0.717) is 6.54 Å². The predicted octanol–water partition coefficient (Wildman–Crippen LogP) is 5.49. The molecule has 4 rings (SSSR count). The van der Waals surface area contributed by atoms with Crippen LogP contribution in [0.4, 0.5) is 0 Å². The minimum atomic E-state index is -0.198. The van der Waals surface area contributed by atoms with Crippen LogP contribution in [-0.2, 0) is 18.6 Å². The molecule has 0 aliphatic rings. The summed E-state index contributed by atoms with van der Waals surface area (Å²) in [5.41, 5.74) is 3.69. The van der Waals surface area contributed by atoms with E-state index >= 15 is 0 Å². The summed E-state index contributed by atoms with van der Waals surface area (Å²) in [4.78, 5) is 19.9. The lowest BCUT2D eigenvalue weighted by atomic mass is 10.0. The van der Waals surface area contributed by atoms with Crippen molar-refractivity contribution in [3.8, 4) is 0 Å². The first kappa shape index (κ1) is 24.3. The van der Waals surface area contributed by atoms with Crippen molar-refractivity contribution < 1.29 is 0 Å². The van der Waals surface area contributed by atoms with Gasteiger partial charge in [-0.25, -0.2) is 4.68 Å². The van der Waals surface area contributed by atoms with Crippen LogP contribution in [0.15, 0.2) is 40.5 Å². The molecule has 0 aliphatic heterocycles. The van der Waals surface area contributed by atoms with Gasteiger partial charge in [-0.3, -0.25) is 9.69 Å². The fourth-order valence-electron chi connectivity index (χ4n) is 4.53. The van der Waals surface area contributed by atoms with E-state index in [4.69, 9.17) is 0 Å². The average molecular weight is 479 g/mol. The third-order valence-electron chi connectivity index (χ3n) is 6.74. The van der Waals surface area contributed by atoms with Crippen molar-refractivity contribution in [2.24, 2.45) is 0 Å². The van der Waals surface area contributed by atoms with Crippen molar-refractivity contribution in [3.63, 3.8) is 0 Å². The number of fused-ring (bicyclic) bond motifs is 1. The molecule has 0 bridgehead atoms. The van der Waals surface area contributed by atoms with E-state index in [1.54, 1.807) is 11.3 Å². The lowest BCUT2D eigenvalue weighted by Crippen LogP contribution is -2.36. The molecule has 7 nitrogen and oxygen atoms in total. The van der Waals surface area contributed by atoms with Crippen LogP contribution in [-0.4, -0.2) is 30.1 Å². The van der Waals surface area contributed by atoms with E-state index < -0.39 is 0 Å². The monoisotopic (exact) mass is 478 g/mol. The normalized spacial score (nSPS) is 13.1. The number of thiophene rings is 1. The third kappa shape index (κ3) is 4.83. The van der Waals surface area contributed by atoms with Gasteiger partial charge in [-0.1, -0.05) is 31.5 Å². The fourth-order valence-corrected chi connectivity index (χ4v) is 5.26. The van der Waals surface area contributed by atoms with Crippen molar-refractivity contribution in [3.05, 3.63) is 73.5 Å². The van der Waals surface area contributed by atoms with Gasteiger partial charge < -0.3 is 4.98 Å². The Balaban J connectivity index is 1.78. The SMILES string of the molecule is CCC(c1nnnn1C(C)(C)CC)N(Cc1cccs1)Cc1cc2cc(C)cc(C)c2[nH]c1=O. The third-order valence-corrected chi connectivity index (χ3v) is 7.60. The number of hydrogen-bond donors (Lipinski definition) is 1. The molecule has 0 saturated heterocycles. The maximum atomic E-state index is 13.2. The minimum Gasteiger partial charge on any atom is -0.321 e. The lowest BCUT2D eigenvalue weighted by Gasteiger charge is -2.32. The standard InChI is InChI=1S/C26H34N6OS/c1-7-22(24-28-29-30-32(24)26(5,6)8-2)31(16-21-10-9-11-34-21)15-20-14-19-13-17(3)12-18(4)23(19)27-25(20)33/h9-14,22H,7-8,15-16H2,1-6H3,(H,27,33). The van der Waals surface area contributed by atoms with Crippen LogP contribution < -0.4 is 5.56 Å². The van der Waals surface area contributed by atoms with Crippen molar-refractivity contribution in [1.29, 1.82) is 0 Å². The Morgan fingerprint density at radius 1 is 1.18 bits per heavy atom. The number of tetrazole rings is 1. The van der Waals surface area contributed by atoms with E-state index in [0.717, 1.165) is 47.2 Å². The molecule has 1 aromatic carbocycles. The topological polar surface area (TPSA) is 79.7 Å². The molecule has 4 aromatic rings. The van der Waals surface area contributed by atoms with E-state index in [2.05, 4.69) is 89.7 Å². The van der Waals surface area contributed by atoms with Gasteiger partial charge in [-0.2, -0.15) is 0 Å². The summed E-state index contributed by atoms with van der Waals surface area (Å²) in [5.74, 6) is 0.842. The molecule has 0 radical (unpaired) electrons. The Morgan fingerprint density at radius 2 is 1.97 bits per heavy atom. The molecule has 180 valence electrons. The molecule has 0 aliphatic carbocycles. The van der Waals surface area contributed by atoms with Crippen LogP contribution in [0.25, 0.3) is 10.9 Å². The number of aryl methyl sites for hydroxylation is 2. The van der Waals surface area contributed by atoms with Crippen LogP contribution in [0.1, 0.15) is 74.0 Å². The van der Waals surface area contributed by atoms with Crippen molar-refractivity contribution >= 4 is 22.2 Å². The number of rotatable bonds is 9. The molecule has 1 N–H and O–H groups in total. The Kier molecular flexibility index (Phi) is 7.00. The Hall–Kier alpha value is -2.84. The number of pyridine rings is 1. The smallest absolute Gasteiger partial charge is 0.252 e. The van der Waals surface area contributed by atoms with E-state index in [1.165, 1.54) is 10.4 Å². The molecule has 0 spiro atoms. The first-order valence-corrected chi connectivity index (χ1v) is 12.8. The highest BCUT2D eigenvalue weighted by Crippen LogP contribution is 2.31. The maximum Gasteiger partial charge on any atom is 0.252 e. The van der Waals surface area contributed by atoms with Crippen molar-refractivity contribution in [2.75, 3.05) is 0 Å². The summed E-state index contributed by atoms with van der Waals surface area (Å²) >= 11 is 1.73. The van der Waals surface area contributed by atoms with Crippen molar-refractivity contribution in [2.45, 2.75) is 79.1 Å². The minimum absolute atomic E-state index is 0.0303. The van der Waals surface area contributed by atoms with Gasteiger partial charge in [0.25, 0.3) is 5.56 Å². The number of hydrogen-bond acceptors (Lipinski definition) is 6. The zero-order valence-corrected chi connectivity index (χ0v) is 21.7. The fraction of sp³-hybridized carbons (Fsp3) is 0.462. The molecule has 8 heteroatoms. The van der Waals surface area contributed by atoms with Crippen LogP contribution in [0.2, 0.25) is 0 Å².